The topological polar surface area (TPSA) is 104 Å². The molecule has 4 rings (SSSR count). The summed E-state index contributed by atoms with van der Waals surface area (Å²) >= 11 is 1.21. The zero-order chi connectivity index (χ0) is 21.3. The van der Waals surface area contributed by atoms with E-state index in [-0.39, 0.29) is 23.7 Å². The molecule has 0 unspecified atom stereocenters. The Morgan fingerprint density at radius 3 is 2.60 bits per heavy atom. The number of pyridine rings is 1. The van der Waals surface area contributed by atoms with Crippen molar-refractivity contribution in [2.75, 3.05) is 11.5 Å². The minimum absolute atomic E-state index is 0.0308. The monoisotopic (exact) mass is 421 g/mol. The number of imidazole rings is 1. The van der Waals surface area contributed by atoms with Crippen molar-refractivity contribution in [1.29, 1.82) is 0 Å². The number of nitrogens with zero attached hydrogens (tertiary/aromatic N) is 4. The van der Waals surface area contributed by atoms with Crippen LogP contribution in [0.5, 0.6) is 0 Å². The highest BCUT2D eigenvalue weighted by Gasteiger charge is 2.22. The molecule has 1 aromatic carbocycles. The number of anilines is 1. The smallest absolute Gasteiger partial charge is 0.332 e. The van der Waals surface area contributed by atoms with Crippen molar-refractivity contribution in [2.24, 2.45) is 7.05 Å². The van der Waals surface area contributed by atoms with Crippen LogP contribution in [0.4, 0.5) is 5.82 Å². The van der Waals surface area contributed by atoms with Crippen LogP contribution >= 0.6 is 11.8 Å². The van der Waals surface area contributed by atoms with Gasteiger partial charge in [0.15, 0.2) is 10.9 Å². The van der Waals surface area contributed by atoms with Crippen LogP contribution in [-0.4, -0.2) is 30.1 Å². The van der Waals surface area contributed by atoms with Gasteiger partial charge in [0.2, 0.25) is 0 Å². The summed E-state index contributed by atoms with van der Waals surface area (Å²) in [6, 6.07) is 14.9. The molecule has 30 heavy (non-hydrogen) atoms. The number of carbonyl (C=O) groups is 1. The van der Waals surface area contributed by atoms with Crippen LogP contribution in [0.15, 0.2) is 75.7 Å². The van der Waals surface area contributed by atoms with E-state index in [1.54, 1.807) is 6.20 Å². The Balaban J connectivity index is 1.66. The van der Waals surface area contributed by atoms with Crippen molar-refractivity contribution >= 4 is 28.9 Å². The lowest BCUT2D eigenvalue weighted by atomic mass is 10.2. The van der Waals surface area contributed by atoms with Gasteiger partial charge in [-0.15, -0.1) is 0 Å². The molecule has 0 aliphatic carbocycles. The number of hydrogen-bond donors (Lipinski definition) is 1. The summed E-state index contributed by atoms with van der Waals surface area (Å²) < 4.78 is 4.03. The fourth-order valence-electron chi connectivity index (χ4n) is 3.19. The zero-order valence-corrected chi connectivity index (χ0v) is 17.0. The minimum Gasteiger partial charge on any atom is -0.384 e. The van der Waals surface area contributed by atoms with Crippen molar-refractivity contribution in [3.63, 3.8) is 0 Å². The third-order valence-electron chi connectivity index (χ3n) is 4.78. The molecule has 0 aliphatic rings. The fraction of sp³-hybridized carbons (Fsp3) is 0.143. The molecule has 0 saturated carbocycles. The number of nitrogens with two attached hydrogens (primary N) is 1. The van der Waals surface area contributed by atoms with Crippen LogP contribution < -0.4 is 17.0 Å². The maximum atomic E-state index is 12.9. The Morgan fingerprint density at radius 2 is 1.83 bits per heavy atom. The molecule has 8 nitrogen and oxygen atoms in total. The van der Waals surface area contributed by atoms with E-state index in [0.29, 0.717) is 5.16 Å². The van der Waals surface area contributed by atoms with Crippen LogP contribution in [0.2, 0.25) is 0 Å². The van der Waals surface area contributed by atoms with Gasteiger partial charge in [-0.1, -0.05) is 48.2 Å². The SMILES string of the molecule is Cn1c(=O)c(C(=O)CSc2ncc3ccccn23)c(N)n(Cc2ccccc2)c1=O. The summed E-state index contributed by atoms with van der Waals surface area (Å²) in [5.41, 5.74) is 6.44. The minimum atomic E-state index is -0.694. The number of ketones is 1. The lowest BCUT2D eigenvalue weighted by Crippen LogP contribution is -2.43. The van der Waals surface area contributed by atoms with Gasteiger partial charge in [0.1, 0.15) is 11.4 Å². The van der Waals surface area contributed by atoms with Crippen LogP contribution in [-0.2, 0) is 13.6 Å². The van der Waals surface area contributed by atoms with Crippen molar-refractivity contribution in [3.8, 4) is 0 Å². The van der Waals surface area contributed by atoms with Gasteiger partial charge in [0.25, 0.3) is 5.56 Å². The standard InChI is InChI=1S/C21H19N5O3S/c1-24-19(28)17(18(22)26(21(24)29)12-14-7-3-2-4-8-14)16(27)13-30-20-23-11-15-9-5-6-10-25(15)20/h2-11H,12-13,22H2,1H3. The van der Waals surface area contributed by atoms with Gasteiger partial charge >= 0.3 is 5.69 Å². The molecule has 0 amide bonds. The third-order valence-corrected chi connectivity index (χ3v) is 5.75. The van der Waals surface area contributed by atoms with Gasteiger partial charge in [0, 0.05) is 13.2 Å². The van der Waals surface area contributed by atoms with E-state index in [9.17, 15) is 14.4 Å². The third kappa shape index (κ3) is 3.55. The second kappa shape index (κ2) is 8.03. The number of nitrogen functional groups attached to an aromatic ring is 1. The van der Waals surface area contributed by atoms with Gasteiger partial charge in [-0.3, -0.25) is 23.1 Å². The zero-order valence-electron chi connectivity index (χ0n) is 16.2. The predicted molar refractivity (Wildman–Crippen MR) is 116 cm³/mol. The Morgan fingerprint density at radius 1 is 1.10 bits per heavy atom. The highest BCUT2D eigenvalue weighted by Crippen LogP contribution is 2.20. The first kappa shape index (κ1) is 19.7. The van der Waals surface area contributed by atoms with Crippen LogP contribution in [0.3, 0.4) is 0 Å². The number of rotatable bonds is 6. The van der Waals surface area contributed by atoms with E-state index >= 15 is 0 Å². The van der Waals surface area contributed by atoms with Gasteiger partial charge < -0.3 is 5.73 Å². The molecular weight excluding hydrogens is 402 g/mol. The molecule has 0 aliphatic heterocycles. The first-order chi connectivity index (χ1) is 14.5. The first-order valence-electron chi connectivity index (χ1n) is 9.18. The molecule has 3 aromatic heterocycles. The van der Waals surface area contributed by atoms with Crippen molar-refractivity contribution < 1.29 is 4.79 Å². The van der Waals surface area contributed by atoms with Crippen molar-refractivity contribution in [1.82, 2.24) is 18.5 Å². The Labute approximate surface area is 175 Å². The number of benzene rings is 1. The number of fused-ring (bicyclic) bond motifs is 1. The van der Waals surface area contributed by atoms with E-state index in [0.717, 1.165) is 15.6 Å². The van der Waals surface area contributed by atoms with E-state index in [2.05, 4.69) is 4.98 Å². The molecule has 152 valence electrons. The average Bonchev–Trinajstić information content (AvgIpc) is 3.18. The Bertz CT molecular complexity index is 1350. The average molecular weight is 421 g/mol. The summed E-state index contributed by atoms with van der Waals surface area (Å²) in [5, 5.41) is 0.631. The summed E-state index contributed by atoms with van der Waals surface area (Å²) in [6.45, 7) is 0.165. The van der Waals surface area contributed by atoms with Gasteiger partial charge in [-0.05, 0) is 17.7 Å². The number of thioether (sulfide) groups is 1. The number of Topliss-reactive ketones (excluding diaryl/α,β-unsaturated/α-hetero) is 1. The molecule has 2 N–H and O–H groups in total. The van der Waals surface area contributed by atoms with Crippen LogP contribution in [0, 0.1) is 0 Å². The van der Waals surface area contributed by atoms with E-state index < -0.39 is 17.0 Å². The quantitative estimate of drug-likeness (QED) is 0.376. The predicted octanol–water partition coefficient (Wildman–Crippen LogP) is 1.80. The largest absolute Gasteiger partial charge is 0.384 e. The van der Waals surface area contributed by atoms with Crippen molar-refractivity contribution in [3.05, 3.63) is 92.9 Å². The molecule has 3 heterocycles. The van der Waals surface area contributed by atoms with E-state index in [1.807, 2.05) is 59.1 Å². The Kier molecular flexibility index (Phi) is 5.28. The Hall–Kier alpha value is -3.59. The lowest BCUT2D eigenvalue weighted by molar-refractivity contribution is 0.102. The first-order valence-corrected chi connectivity index (χ1v) is 10.2. The van der Waals surface area contributed by atoms with Gasteiger partial charge in [-0.2, -0.15) is 0 Å². The number of hydrogen-bond acceptors (Lipinski definition) is 6. The molecule has 0 bridgehead atoms. The molecule has 0 saturated heterocycles. The summed E-state index contributed by atoms with van der Waals surface area (Å²) in [7, 11) is 1.34. The molecule has 4 aromatic rings. The van der Waals surface area contributed by atoms with Crippen molar-refractivity contribution in [2.45, 2.75) is 11.7 Å². The lowest BCUT2D eigenvalue weighted by Gasteiger charge is -2.14. The molecule has 0 radical (unpaired) electrons. The molecule has 0 atom stereocenters. The highest BCUT2D eigenvalue weighted by molar-refractivity contribution is 7.99. The second-order valence-electron chi connectivity index (χ2n) is 6.73. The summed E-state index contributed by atoms with van der Waals surface area (Å²) in [5.74, 6) is -0.602. The van der Waals surface area contributed by atoms with Crippen LogP contribution in [0.25, 0.3) is 5.52 Å². The number of carbonyl (C=O) groups excluding carboxylic acids is 1. The van der Waals surface area contributed by atoms with Crippen LogP contribution in [0.1, 0.15) is 15.9 Å². The van der Waals surface area contributed by atoms with Gasteiger partial charge in [0.05, 0.1) is 24.0 Å². The second-order valence-corrected chi connectivity index (χ2v) is 7.67. The van der Waals surface area contributed by atoms with E-state index in [4.69, 9.17) is 5.73 Å². The normalized spacial score (nSPS) is 11.1. The maximum Gasteiger partial charge on any atom is 0.332 e. The van der Waals surface area contributed by atoms with E-state index in [1.165, 1.54) is 23.4 Å². The molecule has 9 heteroatoms. The number of aromatic nitrogens is 4. The molecule has 0 fully saturated rings. The molecular formula is C21H19N5O3S. The maximum absolute atomic E-state index is 12.9. The molecule has 0 spiro atoms. The highest BCUT2D eigenvalue weighted by atomic mass is 32.2. The summed E-state index contributed by atoms with van der Waals surface area (Å²) in [6.07, 6.45) is 3.56. The summed E-state index contributed by atoms with van der Waals surface area (Å²) in [4.78, 5) is 42.5. The van der Waals surface area contributed by atoms with Gasteiger partial charge in [-0.25, -0.2) is 9.78 Å². The fourth-order valence-corrected chi connectivity index (χ4v) is 4.03.